The molecule has 0 spiro atoms. The summed E-state index contributed by atoms with van der Waals surface area (Å²) < 4.78 is 16.6. The van der Waals surface area contributed by atoms with E-state index < -0.39 is 11.6 Å². The van der Waals surface area contributed by atoms with Crippen LogP contribution in [0.5, 0.6) is 11.5 Å². The molecule has 1 fully saturated rings. The monoisotopic (exact) mass is 634 g/mol. The second-order valence-electron chi connectivity index (χ2n) is 10.2. The number of aldehydes is 1. The molecule has 1 saturated carbocycles. The molecule has 4 rings (SSSR count). The van der Waals surface area contributed by atoms with Crippen LogP contribution in [-0.4, -0.2) is 86.1 Å². The van der Waals surface area contributed by atoms with Gasteiger partial charge in [0.05, 0.1) is 27.5 Å². The van der Waals surface area contributed by atoms with Gasteiger partial charge in [0.15, 0.2) is 12.9 Å². The smallest absolute Gasteiger partial charge is 0.349 e. The molecule has 1 amide bonds. The van der Waals surface area contributed by atoms with Crippen molar-refractivity contribution in [2.45, 2.75) is 43.4 Å². The van der Waals surface area contributed by atoms with Crippen LogP contribution in [0.1, 0.15) is 45.8 Å². The molecule has 0 saturated heterocycles. The largest absolute Gasteiger partial charge is 0.496 e. The molecule has 1 aliphatic carbocycles. The summed E-state index contributed by atoms with van der Waals surface area (Å²) in [5, 5.41) is 15.4. The molecular formula is C30H35ClN2O7S2. The lowest BCUT2D eigenvalue weighted by Gasteiger charge is -2.36. The van der Waals surface area contributed by atoms with Gasteiger partial charge in [0.25, 0.3) is 5.91 Å². The van der Waals surface area contributed by atoms with E-state index in [9.17, 15) is 19.5 Å². The van der Waals surface area contributed by atoms with Crippen molar-refractivity contribution in [3.8, 4) is 11.5 Å². The maximum absolute atomic E-state index is 13.3. The van der Waals surface area contributed by atoms with Gasteiger partial charge in [-0.1, -0.05) is 23.7 Å². The average molecular weight is 635 g/mol. The number of rotatable bonds is 13. The molecule has 9 nitrogen and oxygen atoms in total. The Bertz CT molecular complexity index is 1310. The van der Waals surface area contributed by atoms with Gasteiger partial charge in [0.2, 0.25) is 5.60 Å². The summed E-state index contributed by atoms with van der Waals surface area (Å²) in [5.41, 5.74) is -1.50. The van der Waals surface area contributed by atoms with Gasteiger partial charge in [-0.3, -0.25) is 9.59 Å². The predicted molar refractivity (Wildman–Crippen MR) is 163 cm³/mol. The van der Waals surface area contributed by atoms with Crippen LogP contribution in [0.4, 0.5) is 0 Å². The summed E-state index contributed by atoms with van der Waals surface area (Å²) in [4.78, 5) is 42.0. The predicted octanol–water partition coefficient (Wildman–Crippen LogP) is 4.84. The zero-order valence-electron chi connectivity index (χ0n) is 23.8. The Balaban J connectivity index is 1.22. The van der Waals surface area contributed by atoms with Crippen molar-refractivity contribution >= 4 is 52.4 Å². The number of benzene rings is 1. The number of esters is 1. The highest BCUT2D eigenvalue weighted by atomic mass is 35.5. The summed E-state index contributed by atoms with van der Waals surface area (Å²) in [7, 11) is 5.18. The van der Waals surface area contributed by atoms with Crippen LogP contribution in [0, 0.1) is 0 Å². The van der Waals surface area contributed by atoms with Crippen molar-refractivity contribution in [3.05, 3.63) is 67.5 Å². The fourth-order valence-electron chi connectivity index (χ4n) is 4.93. The van der Waals surface area contributed by atoms with Crippen LogP contribution in [0.15, 0.2) is 47.2 Å². The molecule has 226 valence electrons. The topological polar surface area (TPSA) is 106 Å². The zero-order chi connectivity index (χ0) is 30.3. The summed E-state index contributed by atoms with van der Waals surface area (Å²) in [6.45, 7) is 0.961. The number of carbonyl (C=O) groups excluding carboxylic acids is 3. The number of aliphatic hydroxyl groups is 1. The van der Waals surface area contributed by atoms with Gasteiger partial charge in [-0.05, 0) is 61.7 Å². The van der Waals surface area contributed by atoms with Gasteiger partial charge in [-0.25, -0.2) is 4.79 Å². The molecular weight excluding hydrogens is 600 g/mol. The fraction of sp³-hybridized carbons (Fsp3) is 0.433. The van der Waals surface area contributed by atoms with Gasteiger partial charge < -0.3 is 29.1 Å². The Morgan fingerprint density at radius 1 is 1.05 bits per heavy atom. The first-order valence-corrected chi connectivity index (χ1v) is 15.7. The van der Waals surface area contributed by atoms with Crippen molar-refractivity contribution in [1.29, 1.82) is 0 Å². The third-order valence-corrected chi connectivity index (χ3v) is 9.82. The molecule has 2 aromatic heterocycles. The maximum Gasteiger partial charge on any atom is 0.349 e. The van der Waals surface area contributed by atoms with Crippen molar-refractivity contribution < 1.29 is 33.7 Å². The molecule has 42 heavy (non-hydrogen) atoms. The number of thiophene rings is 2. The van der Waals surface area contributed by atoms with Crippen molar-refractivity contribution in [2.75, 3.05) is 40.9 Å². The second kappa shape index (κ2) is 14.5. The molecule has 0 aliphatic heterocycles. The Labute approximate surface area is 258 Å². The van der Waals surface area contributed by atoms with Crippen LogP contribution >= 0.6 is 34.3 Å². The number of halogens is 1. The lowest BCUT2D eigenvalue weighted by molar-refractivity contribution is -0.169. The van der Waals surface area contributed by atoms with Gasteiger partial charge in [0, 0.05) is 32.2 Å². The molecule has 0 radical (unpaired) electrons. The van der Waals surface area contributed by atoms with E-state index in [2.05, 4.69) is 4.90 Å². The van der Waals surface area contributed by atoms with Crippen LogP contribution in [0.2, 0.25) is 5.02 Å². The minimum atomic E-state index is -1.80. The molecule has 0 atom stereocenters. The number of amides is 1. The van der Waals surface area contributed by atoms with E-state index in [1.54, 1.807) is 24.1 Å². The van der Waals surface area contributed by atoms with E-state index in [1.165, 1.54) is 41.9 Å². The average Bonchev–Trinajstić information content (AvgIpc) is 3.74. The minimum absolute atomic E-state index is 0.205. The van der Waals surface area contributed by atoms with E-state index in [-0.39, 0.29) is 35.4 Å². The van der Waals surface area contributed by atoms with Crippen LogP contribution in [0.3, 0.4) is 0 Å². The standard InChI is InChI=1S/C30H35ClN2O7S2/c1-32(12-13-33(2)28(35)19-39-25-17-24(38-3)20(18-34)16-23(25)31)21-8-10-22(11-9-21)40-29(36)30(37,26-6-4-14-41-26)27-7-5-15-42-27/h4-7,14-18,21-22,37H,8-13,19H2,1-3H3/t21-,22-. The zero-order valence-corrected chi connectivity index (χ0v) is 26.2. The lowest BCUT2D eigenvalue weighted by atomic mass is 9.91. The summed E-state index contributed by atoms with van der Waals surface area (Å²) >= 11 is 8.84. The van der Waals surface area contributed by atoms with Crippen molar-refractivity contribution in [3.63, 3.8) is 0 Å². The lowest BCUT2D eigenvalue weighted by Crippen LogP contribution is -2.44. The molecule has 0 unspecified atom stereocenters. The van der Waals surface area contributed by atoms with Gasteiger partial charge in [-0.2, -0.15) is 0 Å². The molecule has 2 heterocycles. The number of hydrogen-bond donors (Lipinski definition) is 1. The van der Waals surface area contributed by atoms with Crippen LogP contribution in [-0.2, 0) is 19.9 Å². The number of ether oxygens (including phenoxy) is 3. The number of hydrogen-bond acceptors (Lipinski definition) is 10. The van der Waals surface area contributed by atoms with Gasteiger partial charge in [-0.15, -0.1) is 22.7 Å². The number of methoxy groups -OCH3 is 1. The van der Waals surface area contributed by atoms with Crippen LogP contribution in [0.25, 0.3) is 0 Å². The highest BCUT2D eigenvalue weighted by Gasteiger charge is 2.45. The Morgan fingerprint density at radius 2 is 1.69 bits per heavy atom. The highest BCUT2D eigenvalue weighted by Crippen LogP contribution is 2.38. The highest BCUT2D eigenvalue weighted by molar-refractivity contribution is 7.12. The quantitative estimate of drug-likeness (QED) is 0.210. The Kier molecular flexibility index (Phi) is 11.0. The van der Waals surface area contributed by atoms with E-state index in [0.29, 0.717) is 53.3 Å². The first-order chi connectivity index (χ1) is 20.2. The first kappa shape index (κ1) is 32.0. The van der Waals surface area contributed by atoms with Gasteiger partial charge >= 0.3 is 5.97 Å². The maximum atomic E-state index is 13.3. The summed E-state index contributed by atoms with van der Waals surface area (Å²) in [6.07, 6.45) is 3.44. The van der Waals surface area contributed by atoms with Crippen molar-refractivity contribution in [2.24, 2.45) is 0 Å². The molecule has 3 aromatic rings. The van der Waals surface area contributed by atoms with E-state index in [4.69, 9.17) is 25.8 Å². The molecule has 0 bridgehead atoms. The minimum Gasteiger partial charge on any atom is -0.496 e. The van der Waals surface area contributed by atoms with E-state index in [1.807, 2.05) is 29.9 Å². The second-order valence-corrected chi connectivity index (χ2v) is 12.5. The molecule has 12 heteroatoms. The van der Waals surface area contributed by atoms with Gasteiger partial charge in [0.1, 0.15) is 17.6 Å². The summed E-state index contributed by atoms with van der Waals surface area (Å²) in [5.74, 6) is -0.264. The van der Waals surface area contributed by atoms with E-state index in [0.717, 1.165) is 12.8 Å². The molecule has 1 N–H and O–H groups in total. The molecule has 1 aliphatic rings. The third-order valence-electron chi connectivity index (χ3n) is 7.57. The number of nitrogens with zero attached hydrogens (tertiary/aromatic N) is 2. The Hall–Kier alpha value is -2.96. The number of carbonyl (C=O) groups is 3. The Morgan fingerprint density at radius 3 is 2.24 bits per heavy atom. The SMILES string of the molecule is COc1cc(OCC(=O)N(C)CCN(C)[C@H]2CC[C@H](OC(=O)C(O)(c3cccs3)c3cccs3)CC2)c(Cl)cc1C=O. The van der Waals surface area contributed by atoms with Crippen molar-refractivity contribution in [1.82, 2.24) is 9.80 Å². The summed E-state index contributed by atoms with van der Waals surface area (Å²) in [6, 6.07) is 10.4. The third kappa shape index (κ3) is 7.33. The first-order valence-electron chi connectivity index (χ1n) is 13.6. The molecule has 1 aromatic carbocycles. The fourth-order valence-corrected chi connectivity index (χ4v) is 6.87. The number of likely N-dealkylation sites (N-methyl/N-ethyl adjacent to an activating group) is 2. The van der Waals surface area contributed by atoms with Crippen LogP contribution < -0.4 is 9.47 Å². The normalized spacial score (nSPS) is 17.1. The van der Waals surface area contributed by atoms with E-state index >= 15 is 0 Å².